The lowest BCUT2D eigenvalue weighted by Crippen LogP contribution is -2.07. The minimum absolute atomic E-state index is 0.742. The van der Waals surface area contributed by atoms with Gasteiger partial charge in [-0.3, -0.25) is 0 Å². The molecule has 0 amide bonds. The molecule has 0 saturated carbocycles. The highest BCUT2D eigenvalue weighted by molar-refractivity contribution is 4.53. The molecule has 0 aliphatic rings. The molecule has 2 N–H and O–H groups in total. The Labute approximate surface area is 89.2 Å². The van der Waals surface area contributed by atoms with E-state index in [0.717, 1.165) is 32.1 Å². The third-order valence-electron chi connectivity index (χ3n) is 2.55. The van der Waals surface area contributed by atoms with Crippen LogP contribution in [0.2, 0.25) is 0 Å². The van der Waals surface area contributed by atoms with Crippen LogP contribution in [0.1, 0.15) is 52.4 Å². The Morgan fingerprint density at radius 3 is 2.50 bits per heavy atom. The Bertz CT molecular complexity index is 106. The lowest BCUT2D eigenvalue weighted by molar-refractivity contribution is 0.119. The van der Waals surface area contributed by atoms with Gasteiger partial charge in [0.2, 0.25) is 0 Å². The zero-order chi connectivity index (χ0) is 10.6. The second kappa shape index (κ2) is 11.0. The molecule has 0 aliphatic heterocycles. The number of rotatable bonds is 10. The van der Waals surface area contributed by atoms with Crippen molar-refractivity contribution < 1.29 is 4.74 Å². The zero-order valence-corrected chi connectivity index (χ0v) is 9.93. The molecular formula is C12H27NO. The maximum Gasteiger partial charge on any atom is 0.0478 e. The van der Waals surface area contributed by atoms with Crippen LogP contribution in [0.4, 0.5) is 0 Å². The van der Waals surface area contributed by atoms with E-state index in [2.05, 4.69) is 13.8 Å². The smallest absolute Gasteiger partial charge is 0.0478 e. The molecule has 0 radical (unpaired) electrons. The van der Waals surface area contributed by atoms with Crippen molar-refractivity contribution in [2.75, 3.05) is 19.8 Å². The van der Waals surface area contributed by atoms with Crippen molar-refractivity contribution in [2.24, 2.45) is 11.7 Å². The standard InChI is InChI=1S/C12H27NO/c1-3-4-5-7-12(2)8-11-14-10-6-9-13/h12H,3-11,13H2,1-2H3. The summed E-state index contributed by atoms with van der Waals surface area (Å²) in [7, 11) is 0. The van der Waals surface area contributed by atoms with Crippen molar-refractivity contribution in [3.8, 4) is 0 Å². The average Bonchev–Trinajstić information content (AvgIpc) is 2.18. The van der Waals surface area contributed by atoms with Crippen molar-refractivity contribution in [1.29, 1.82) is 0 Å². The van der Waals surface area contributed by atoms with Gasteiger partial charge in [-0.15, -0.1) is 0 Å². The molecule has 0 bridgehead atoms. The first-order chi connectivity index (χ1) is 6.81. The highest BCUT2D eigenvalue weighted by atomic mass is 16.5. The first-order valence-corrected chi connectivity index (χ1v) is 6.09. The van der Waals surface area contributed by atoms with Gasteiger partial charge >= 0.3 is 0 Å². The van der Waals surface area contributed by atoms with E-state index in [9.17, 15) is 0 Å². The second-order valence-electron chi connectivity index (χ2n) is 4.14. The van der Waals surface area contributed by atoms with E-state index in [1.807, 2.05) is 0 Å². The highest BCUT2D eigenvalue weighted by Crippen LogP contribution is 2.12. The fraction of sp³-hybridized carbons (Fsp3) is 1.00. The molecule has 0 aromatic rings. The molecule has 0 aromatic carbocycles. The molecule has 1 atom stereocenters. The van der Waals surface area contributed by atoms with E-state index in [1.54, 1.807) is 0 Å². The predicted octanol–water partition coefficient (Wildman–Crippen LogP) is 2.96. The number of unbranched alkanes of at least 4 members (excludes halogenated alkanes) is 2. The van der Waals surface area contributed by atoms with Gasteiger partial charge in [0.05, 0.1) is 0 Å². The van der Waals surface area contributed by atoms with Gasteiger partial charge in [-0.2, -0.15) is 0 Å². The van der Waals surface area contributed by atoms with Gasteiger partial charge in [-0.1, -0.05) is 39.5 Å². The molecule has 14 heavy (non-hydrogen) atoms. The molecule has 0 aromatic heterocycles. The Morgan fingerprint density at radius 1 is 1.07 bits per heavy atom. The summed E-state index contributed by atoms with van der Waals surface area (Å²) in [5.41, 5.74) is 5.37. The Hall–Kier alpha value is -0.0800. The molecule has 0 aliphatic carbocycles. The largest absolute Gasteiger partial charge is 0.381 e. The lowest BCUT2D eigenvalue weighted by atomic mass is 10.0. The van der Waals surface area contributed by atoms with E-state index in [1.165, 1.54) is 32.1 Å². The number of nitrogens with two attached hydrogens (primary N) is 1. The van der Waals surface area contributed by atoms with Crippen LogP contribution in [0.25, 0.3) is 0 Å². The predicted molar refractivity (Wildman–Crippen MR) is 62.4 cm³/mol. The Kier molecular flexibility index (Phi) is 10.9. The number of hydrogen-bond acceptors (Lipinski definition) is 2. The topological polar surface area (TPSA) is 35.2 Å². The molecule has 2 nitrogen and oxygen atoms in total. The molecule has 1 unspecified atom stereocenters. The minimum Gasteiger partial charge on any atom is -0.381 e. The quantitative estimate of drug-likeness (QED) is 0.552. The van der Waals surface area contributed by atoms with Crippen molar-refractivity contribution >= 4 is 0 Å². The van der Waals surface area contributed by atoms with E-state index >= 15 is 0 Å². The molecule has 0 heterocycles. The number of ether oxygens (including phenoxy) is 1. The molecule has 0 spiro atoms. The summed E-state index contributed by atoms with van der Waals surface area (Å²) < 4.78 is 5.47. The first kappa shape index (κ1) is 13.9. The Morgan fingerprint density at radius 2 is 1.86 bits per heavy atom. The fourth-order valence-corrected chi connectivity index (χ4v) is 1.46. The third-order valence-corrected chi connectivity index (χ3v) is 2.55. The van der Waals surface area contributed by atoms with Crippen molar-refractivity contribution in [2.45, 2.75) is 52.4 Å². The molecule has 0 saturated heterocycles. The van der Waals surface area contributed by atoms with Gasteiger partial charge < -0.3 is 10.5 Å². The van der Waals surface area contributed by atoms with E-state index in [0.29, 0.717) is 0 Å². The molecule has 0 fully saturated rings. The third kappa shape index (κ3) is 10.0. The molecular weight excluding hydrogens is 174 g/mol. The van der Waals surface area contributed by atoms with Gasteiger partial charge in [-0.05, 0) is 25.3 Å². The summed E-state index contributed by atoms with van der Waals surface area (Å²) in [5, 5.41) is 0. The molecule has 0 rings (SSSR count). The SMILES string of the molecule is CCCCCC(C)CCOCCCN. The van der Waals surface area contributed by atoms with Crippen LogP contribution in [0.15, 0.2) is 0 Å². The van der Waals surface area contributed by atoms with Crippen LogP contribution in [0.3, 0.4) is 0 Å². The van der Waals surface area contributed by atoms with Gasteiger partial charge in [0.1, 0.15) is 0 Å². The van der Waals surface area contributed by atoms with E-state index in [4.69, 9.17) is 10.5 Å². The van der Waals surface area contributed by atoms with Crippen LogP contribution >= 0.6 is 0 Å². The summed E-state index contributed by atoms with van der Waals surface area (Å²) in [6, 6.07) is 0. The maximum atomic E-state index is 5.47. The Balaban J connectivity index is 3.06. The van der Waals surface area contributed by atoms with Crippen LogP contribution in [-0.2, 0) is 4.74 Å². The monoisotopic (exact) mass is 201 g/mol. The molecule has 86 valence electrons. The summed E-state index contributed by atoms with van der Waals surface area (Å²) in [5.74, 6) is 0.819. The van der Waals surface area contributed by atoms with Crippen LogP contribution in [0.5, 0.6) is 0 Å². The normalized spacial score (nSPS) is 13.1. The van der Waals surface area contributed by atoms with Crippen molar-refractivity contribution in [1.82, 2.24) is 0 Å². The van der Waals surface area contributed by atoms with E-state index in [-0.39, 0.29) is 0 Å². The summed E-state index contributed by atoms with van der Waals surface area (Å²) in [4.78, 5) is 0. The average molecular weight is 201 g/mol. The lowest BCUT2D eigenvalue weighted by Gasteiger charge is -2.10. The van der Waals surface area contributed by atoms with Crippen molar-refractivity contribution in [3.05, 3.63) is 0 Å². The first-order valence-electron chi connectivity index (χ1n) is 6.09. The van der Waals surface area contributed by atoms with Crippen LogP contribution < -0.4 is 5.73 Å². The fourth-order valence-electron chi connectivity index (χ4n) is 1.46. The summed E-state index contributed by atoms with van der Waals surface area (Å²) >= 11 is 0. The summed E-state index contributed by atoms with van der Waals surface area (Å²) in [6.07, 6.45) is 7.62. The summed E-state index contributed by atoms with van der Waals surface area (Å²) in [6.45, 7) is 7.06. The van der Waals surface area contributed by atoms with Gasteiger partial charge in [0, 0.05) is 13.2 Å². The number of hydrogen-bond donors (Lipinski definition) is 1. The van der Waals surface area contributed by atoms with Crippen LogP contribution in [-0.4, -0.2) is 19.8 Å². The second-order valence-corrected chi connectivity index (χ2v) is 4.14. The highest BCUT2D eigenvalue weighted by Gasteiger charge is 2.01. The van der Waals surface area contributed by atoms with Crippen LogP contribution in [0, 0.1) is 5.92 Å². The zero-order valence-electron chi connectivity index (χ0n) is 9.93. The van der Waals surface area contributed by atoms with Gasteiger partial charge in [0.15, 0.2) is 0 Å². The maximum absolute atomic E-state index is 5.47. The molecule has 2 heteroatoms. The minimum atomic E-state index is 0.742. The van der Waals surface area contributed by atoms with E-state index < -0.39 is 0 Å². The van der Waals surface area contributed by atoms with Gasteiger partial charge in [0.25, 0.3) is 0 Å². The van der Waals surface area contributed by atoms with Crippen molar-refractivity contribution in [3.63, 3.8) is 0 Å². The van der Waals surface area contributed by atoms with Gasteiger partial charge in [-0.25, -0.2) is 0 Å².